The molecule has 24 heavy (non-hydrogen) atoms. The molecule has 1 aromatic heterocycles. The maximum Gasteiger partial charge on any atom is 0.149 e. The Balaban J connectivity index is 1.55. The van der Waals surface area contributed by atoms with E-state index in [-0.39, 0.29) is 5.69 Å². The van der Waals surface area contributed by atoms with Crippen LogP contribution in [0.15, 0.2) is 30.6 Å². The number of morpholine rings is 1. The van der Waals surface area contributed by atoms with Crippen molar-refractivity contribution >= 4 is 17.3 Å². The number of ether oxygens (including phenoxy) is 1. The third-order valence-electron chi connectivity index (χ3n) is 3.70. The minimum absolute atomic E-state index is 0.161. The van der Waals surface area contributed by atoms with Crippen LogP contribution in [0.1, 0.15) is 0 Å². The first-order valence-electron chi connectivity index (χ1n) is 7.79. The fourth-order valence-corrected chi connectivity index (χ4v) is 2.42. The number of benzene rings is 1. The van der Waals surface area contributed by atoms with Gasteiger partial charge in [-0.05, 0) is 12.1 Å². The zero-order valence-electron chi connectivity index (χ0n) is 13.1. The van der Waals surface area contributed by atoms with Gasteiger partial charge in [0.05, 0.1) is 18.9 Å². The molecule has 1 aliphatic heterocycles. The van der Waals surface area contributed by atoms with Crippen LogP contribution in [0.3, 0.4) is 0 Å². The van der Waals surface area contributed by atoms with E-state index in [0.29, 0.717) is 11.6 Å². The summed E-state index contributed by atoms with van der Waals surface area (Å²) in [6.45, 7) is 5.03. The van der Waals surface area contributed by atoms with Crippen molar-refractivity contribution in [3.63, 3.8) is 0 Å². The summed E-state index contributed by atoms with van der Waals surface area (Å²) in [6.07, 6.45) is 1.39. The van der Waals surface area contributed by atoms with E-state index < -0.39 is 11.6 Å². The van der Waals surface area contributed by atoms with Crippen molar-refractivity contribution in [2.75, 3.05) is 50.0 Å². The summed E-state index contributed by atoms with van der Waals surface area (Å²) in [5.41, 5.74) is 0.161. The van der Waals surface area contributed by atoms with Gasteiger partial charge in [0.15, 0.2) is 0 Å². The molecule has 8 heteroatoms. The van der Waals surface area contributed by atoms with Crippen LogP contribution < -0.4 is 10.6 Å². The molecule has 2 aromatic rings. The average molecular weight is 335 g/mol. The highest BCUT2D eigenvalue weighted by Crippen LogP contribution is 2.20. The number of aromatic nitrogens is 2. The van der Waals surface area contributed by atoms with E-state index in [2.05, 4.69) is 25.5 Å². The Morgan fingerprint density at radius 2 is 1.88 bits per heavy atom. The number of nitrogens with zero attached hydrogens (tertiary/aromatic N) is 3. The van der Waals surface area contributed by atoms with Crippen molar-refractivity contribution in [1.29, 1.82) is 0 Å². The van der Waals surface area contributed by atoms with Crippen LogP contribution in [-0.2, 0) is 4.74 Å². The van der Waals surface area contributed by atoms with Gasteiger partial charge in [0, 0.05) is 38.3 Å². The van der Waals surface area contributed by atoms with Crippen LogP contribution in [0.2, 0.25) is 0 Å². The predicted molar refractivity (Wildman–Crippen MR) is 87.4 cm³/mol. The zero-order valence-corrected chi connectivity index (χ0v) is 13.1. The Bertz CT molecular complexity index is 679. The summed E-state index contributed by atoms with van der Waals surface area (Å²) >= 11 is 0. The SMILES string of the molecule is Fc1ccc(Nc2cc(NCCN3CCOCC3)ncn2)c(F)c1. The van der Waals surface area contributed by atoms with Gasteiger partial charge in [-0.1, -0.05) is 0 Å². The van der Waals surface area contributed by atoms with E-state index in [4.69, 9.17) is 4.74 Å². The van der Waals surface area contributed by atoms with Crippen molar-refractivity contribution in [3.05, 3.63) is 42.2 Å². The lowest BCUT2D eigenvalue weighted by atomic mass is 10.3. The van der Waals surface area contributed by atoms with E-state index in [1.165, 1.54) is 18.5 Å². The Kier molecular flexibility index (Phi) is 5.50. The molecule has 0 saturated carbocycles. The highest BCUT2D eigenvalue weighted by atomic mass is 19.1. The molecule has 2 N–H and O–H groups in total. The molecule has 0 unspecified atom stereocenters. The summed E-state index contributed by atoms with van der Waals surface area (Å²) in [6, 6.07) is 5.03. The highest BCUT2D eigenvalue weighted by Gasteiger charge is 2.10. The van der Waals surface area contributed by atoms with E-state index in [1.54, 1.807) is 6.07 Å². The van der Waals surface area contributed by atoms with Gasteiger partial charge in [0.25, 0.3) is 0 Å². The molecule has 1 fully saturated rings. The molecule has 2 heterocycles. The first-order valence-corrected chi connectivity index (χ1v) is 7.79. The molecule has 1 saturated heterocycles. The molecule has 6 nitrogen and oxygen atoms in total. The molecular weight excluding hydrogens is 316 g/mol. The van der Waals surface area contributed by atoms with Gasteiger partial charge in [-0.15, -0.1) is 0 Å². The van der Waals surface area contributed by atoms with Crippen molar-refractivity contribution in [2.24, 2.45) is 0 Å². The van der Waals surface area contributed by atoms with Crippen LogP contribution in [0.4, 0.5) is 26.1 Å². The molecule has 1 aromatic carbocycles. The molecule has 0 spiro atoms. The third-order valence-corrected chi connectivity index (χ3v) is 3.70. The molecule has 3 rings (SSSR count). The maximum absolute atomic E-state index is 13.7. The second-order valence-electron chi connectivity index (χ2n) is 5.42. The van der Waals surface area contributed by atoms with E-state index >= 15 is 0 Å². The van der Waals surface area contributed by atoms with Gasteiger partial charge in [-0.2, -0.15) is 0 Å². The van der Waals surface area contributed by atoms with Gasteiger partial charge in [0.1, 0.15) is 29.6 Å². The van der Waals surface area contributed by atoms with Crippen molar-refractivity contribution in [1.82, 2.24) is 14.9 Å². The number of anilines is 3. The summed E-state index contributed by atoms with van der Waals surface area (Å²) in [7, 11) is 0. The number of halogens is 2. The van der Waals surface area contributed by atoms with Crippen LogP contribution in [0.25, 0.3) is 0 Å². The lowest BCUT2D eigenvalue weighted by Gasteiger charge is -2.26. The van der Waals surface area contributed by atoms with Crippen LogP contribution >= 0.6 is 0 Å². The smallest absolute Gasteiger partial charge is 0.149 e. The Morgan fingerprint density at radius 3 is 2.67 bits per heavy atom. The topological polar surface area (TPSA) is 62.3 Å². The Morgan fingerprint density at radius 1 is 1.08 bits per heavy atom. The standard InChI is InChI=1S/C16H19F2N5O/c17-12-1-2-14(13(18)9-12)22-16-10-15(20-11-21-16)19-3-4-23-5-7-24-8-6-23/h1-2,9-11H,3-8H2,(H2,19,20,21,22). The molecular formula is C16H19F2N5O. The third kappa shape index (κ3) is 4.59. The molecule has 0 aliphatic carbocycles. The van der Waals surface area contributed by atoms with Crippen LogP contribution in [-0.4, -0.2) is 54.3 Å². The maximum atomic E-state index is 13.7. The first kappa shape index (κ1) is 16.5. The quantitative estimate of drug-likeness (QED) is 0.844. The number of rotatable bonds is 6. The lowest BCUT2D eigenvalue weighted by molar-refractivity contribution is 0.0398. The van der Waals surface area contributed by atoms with Crippen molar-refractivity contribution < 1.29 is 13.5 Å². The van der Waals surface area contributed by atoms with Gasteiger partial charge in [-0.25, -0.2) is 18.7 Å². The minimum Gasteiger partial charge on any atom is -0.379 e. The van der Waals surface area contributed by atoms with Gasteiger partial charge >= 0.3 is 0 Å². The van der Waals surface area contributed by atoms with Crippen molar-refractivity contribution in [3.8, 4) is 0 Å². The van der Waals surface area contributed by atoms with Crippen molar-refractivity contribution in [2.45, 2.75) is 0 Å². The van der Waals surface area contributed by atoms with Crippen LogP contribution in [0.5, 0.6) is 0 Å². The summed E-state index contributed by atoms with van der Waals surface area (Å²) in [5, 5.41) is 6.03. The van der Waals surface area contributed by atoms with Gasteiger partial charge < -0.3 is 15.4 Å². The molecule has 128 valence electrons. The summed E-state index contributed by atoms with van der Waals surface area (Å²) < 4.78 is 31.9. The van der Waals surface area contributed by atoms with E-state index in [0.717, 1.165) is 45.5 Å². The minimum atomic E-state index is -0.671. The second-order valence-corrected chi connectivity index (χ2v) is 5.42. The average Bonchev–Trinajstić information content (AvgIpc) is 2.59. The summed E-state index contributed by atoms with van der Waals surface area (Å²) in [5.74, 6) is -0.214. The molecule has 0 radical (unpaired) electrons. The monoisotopic (exact) mass is 335 g/mol. The fourth-order valence-electron chi connectivity index (χ4n) is 2.42. The fraction of sp³-hybridized carbons (Fsp3) is 0.375. The number of hydrogen-bond acceptors (Lipinski definition) is 6. The van der Waals surface area contributed by atoms with E-state index in [9.17, 15) is 8.78 Å². The summed E-state index contributed by atoms with van der Waals surface area (Å²) in [4.78, 5) is 10.5. The zero-order chi connectivity index (χ0) is 16.8. The Labute approximate surface area is 138 Å². The van der Waals surface area contributed by atoms with Gasteiger partial charge in [0.2, 0.25) is 0 Å². The van der Waals surface area contributed by atoms with E-state index in [1.807, 2.05) is 0 Å². The first-order chi connectivity index (χ1) is 11.7. The van der Waals surface area contributed by atoms with Crippen LogP contribution in [0, 0.1) is 11.6 Å². The molecule has 1 aliphatic rings. The normalized spacial score (nSPS) is 15.2. The largest absolute Gasteiger partial charge is 0.379 e. The molecule has 0 bridgehead atoms. The lowest BCUT2D eigenvalue weighted by Crippen LogP contribution is -2.39. The molecule has 0 atom stereocenters. The number of hydrogen-bond donors (Lipinski definition) is 2. The highest BCUT2D eigenvalue weighted by molar-refractivity contribution is 5.59. The predicted octanol–water partition coefficient (Wildman–Crippen LogP) is 2.24. The van der Waals surface area contributed by atoms with Gasteiger partial charge in [-0.3, -0.25) is 4.90 Å². The second kappa shape index (κ2) is 7.98. The molecule has 0 amide bonds. The Hall–Kier alpha value is -2.32. The number of nitrogens with one attached hydrogen (secondary N) is 2.